The number of benzene rings is 1. The highest BCUT2D eigenvalue weighted by Crippen LogP contribution is 2.30. The summed E-state index contributed by atoms with van der Waals surface area (Å²) in [5.74, 6) is 0.543. The fourth-order valence-corrected chi connectivity index (χ4v) is 5.13. The van der Waals surface area contributed by atoms with E-state index < -0.39 is 0 Å². The maximum absolute atomic E-state index is 13.1. The molecule has 2 saturated heterocycles. The maximum atomic E-state index is 13.1. The van der Waals surface area contributed by atoms with Gasteiger partial charge in [0, 0.05) is 55.4 Å². The molecule has 3 heterocycles. The van der Waals surface area contributed by atoms with Gasteiger partial charge in [0.2, 0.25) is 5.91 Å². The average molecular weight is 395 g/mol. The molecule has 1 aliphatic carbocycles. The summed E-state index contributed by atoms with van der Waals surface area (Å²) in [6, 6.07) is 11.1. The van der Waals surface area contributed by atoms with Gasteiger partial charge in [-0.2, -0.15) is 0 Å². The number of hydrogen-bond donors (Lipinski definition) is 1. The molecule has 0 bridgehead atoms. The van der Waals surface area contributed by atoms with E-state index in [-0.39, 0.29) is 5.92 Å². The van der Waals surface area contributed by atoms with Crippen molar-refractivity contribution in [2.45, 2.75) is 37.8 Å². The third-order valence-corrected chi connectivity index (χ3v) is 6.83. The third kappa shape index (κ3) is 3.96. The molecule has 1 aromatic carbocycles. The maximum Gasteiger partial charge on any atom is 0.225 e. The summed E-state index contributed by atoms with van der Waals surface area (Å²) in [5.41, 5.74) is 2.17. The number of amides is 1. The van der Waals surface area contributed by atoms with Crippen LogP contribution >= 0.6 is 0 Å². The smallest absolute Gasteiger partial charge is 0.225 e. The van der Waals surface area contributed by atoms with Gasteiger partial charge in [0.25, 0.3) is 0 Å². The van der Waals surface area contributed by atoms with E-state index in [2.05, 4.69) is 38.3 Å². The number of anilines is 1. The van der Waals surface area contributed by atoms with Crippen molar-refractivity contribution in [3.05, 3.63) is 36.5 Å². The highest BCUT2D eigenvalue weighted by molar-refractivity contribution is 5.91. The first-order chi connectivity index (χ1) is 14.3. The number of carbonyl (C=O) groups excluding carboxylic acids is 1. The van der Waals surface area contributed by atoms with E-state index in [0.717, 1.165) is 76.3 Å². The zero-order chi connectivity index (χ0) is 19.6. The van der Waals surface area contributed by atoms with Crippen molar-refractivity contribution in [2.24, 2.45) is 5.92 Å². The molecule has 1 aromatic heterocycles. The third-order valence-electron chi connectivity index (χ3n) is 6.83. The van der Waals surface area contributed by atoms with E-state index in [0.29, 0.717) is 18.0 Å². The van der Waals surface area contributed by atoms with Crippen LogP contribution in [0.5, 0.6) is 0 Å². The molecule has 3 aliphatic rings. The van der Waals surface area contributed by atoms with Crippen LogP contribution in [0.15, 0.2) is 36.5 Å². The lowest BCUT2D eigenvalue weighted by molar-refractivity contribution is -0.142. The Balaban J connectivity index is 1.17. The summed E-state index contributed by atoms with van der Waals surface area (Å²) >= 11 is 0. The molecule has 2 aromatic rings. The number of piperazine rings is 1. The normalized spacial score (nSPS) is 28.1. The molecule has 1 saturated carbocycles. The number of nitrogens with one attached hydrogen (secondary N) is 1. The van der Waals surface area contributed by atoms with E-state index in [4.69, 9.17) is 4.74 Å². The fraction of sp³-hybridized carbons (Fsp3) is 0.565. The van der Waals surface area contributed by atoms with E-state index in [1.54, 1.807) is 0 Å². The summed E-state index contributed by atoms with van der Waals surface area (Å²) in [7, 11) is 0. The number of para-hydroxylation sites is 1. The fourth-order valence-electron chi connectivity index (χ4n) is 5.13. The SMILES string of the molecule is O=C(C1CCC(Nc2ccnc3ccccc23)CC1)N1CCN2CCOCC2C1. The molecule has 5 rings (SSSR count). The lowest BCUT2D eigenvalue weighted by atomic mass is 9.84. The van der Waals surface area contributed by atoms with E-state index in [1.165, 1.54) is 5.39 Å². The number of fused-ring (bicyclic) bond motifs is 2. The number of carbonyl (C=O) groups is 1. The molecular formula is C23H30N4O2. The molecule has 3 fully saturated rings. The number of aromatic nitrogens is 1. The van der Waals surface area contributed by atoms with Crippen LogP contribution in [-0.4, -0.2) is 72.2 Å². The second kappa shape index (κ2) is 8.28. The second-order valence-corrected chi connectivity index (χ2v) is 8.62. The van der Waals surface area contributed by atoms with Gasteiger partial charge in [-0.05, 0) is 37.8 Å². The Kier molecular flexibility index (Phi) is 5.38. The van der Waals surface area contributed by atoms with E-state index >= 15 is 0 Å². The van der Waals surface area contributed by atoms with Gasteiger partial charge in [-0.25, -0.2) is 0 Å². The van der Waals surface area contributed by atoms with Gasteiger partial charge < -0.3 is 15.0 Å². The van der Waals surface area contributed by atoms with Crippen LogP contribution in [0.4, 0.5) is 5.69 Å². The number of ether oxygens (including phenoxy) is 1. The highest BCUT2D eigenvalue weighted by atomic mass is 16.5. The van der Waals surface area contributed by atoms with Crippen molar-refractivity contribution in [3.63, 3.8) is 0 Å². The van der Waals surface area contributed by atoms with Gasteiger partial charge in [-0.1, -0.05) is 18.2 Å². The molecule has 1 atom stereocenters. The van der Waals surface area contributed by atoms with Gasteiger partial charge in [0.05, 0.1) is 24.8 Å². The lowest BCUT2D eigenvalue weighted by Gasteiger charge is -2.45. The van der Waals surface area contributed by atoms with Crippen LogP contribution < -0.4 is 5.32 Å². The van der Waals surface area contributed by atoms with Gasteiger partial charge in [-0.15, -0.1) is 0 Å². The molecule has 1 amide bonds. The van der Waals surface area contributed by atoms with Crippen LogP contribution in [0.2, 0.25) is 0 Å². The number of morpholine rings is 1. The molecule has 0 radical (unpaired) electrons. The van der Waals surface area contributed by atoms with Crippen LogP contribution in [-0.2, 0) is 9.53 Å². The number of pyridine rings is 1. The summed E-state index contributed by atoms with van der Waals surface area (Å²) < 4.78 is 5.62. The van der Waals surface area contributed by atoms with Crippen molar-refractivity contribution in [3.8, 4) is 0 Å². The van der Waals surface area contributed by atoms with Crippen LogP contribution in [0.1, 0.15) is 25.7 Å². The Morgan fingerprint density at radius 2 is 1.93 bits per heavy atom. The van der Waals surface area contributed by atoms with Crippen molar-refractivity contribution in [2.75, 3.05) is 44.7 Å². The molecule has 154 valence electrons. The zero-order valence-corrected chi connectivity index (χ0v) is 16.9. The van der Waals surface area contributed by atoms with Crippen molar-refractivity contribution >= 4 is 22.5 Å². The van der Waals surface area contributed by atoms with Crippen LogP contribution in [0.25, 0.3) is 10.9 Å². The summed E-state index contributed by atoms with van der Waals surface area (Å²) in [6.07, 6.45) is 5.90. The molecule has 2 aliphatic heterocycles. The van der Waals surface area contributed by atoms with Crippen LogP contribution in [0.3, 0.4) is 0 Å². The van der Waals surface area contributed by atoms with Gasteiger partial charge >= 0.3 is 0 Å². The van der Waals surface area contributed by atoms with Crippen molar-refractivity contribution in [1.82, 2.24) is 14.8 Å². The summed E-state index contributed by atoms with van der Waals surface area (Å²) in [6.45, 7) is 5.30. The molecule has 0 spiro atoms. The Hall–Kier alpha value is -2.18. The molecule has 1 unspecified atom stereocenters. The highest BCUT2D eigenvalue weighted by Gasteiger charge is 2.35. The molecule has 1 N–H and O–H groups in total. The lowest BCUT2D eigenvalue weighted by Crippen LogP contribution is -2.60. The van der Waals surface area contributed by atoms with E-state index in [1.807, 2.05) is 18.3 Å². The first kappa shape index (κ1) is 18.8. The van der Waals surface area contributed by atoms with Crippen molar-refractivity contribution in [1.29, 1.82) is 0 Å². The minimum atomic E-state index is 0.179. The average Bonchev–Trinajstić information content (AvgIpc) is 2.79. The van der Waals surface area contributed by atoms with Gasteiger partial charge in [-0.3, -0.25) is 14.7 Å². The molecule has 29 heavy (non-hydrogen) atoms. The minimum Gasteiger partial charge on any atom is -0.382 e. The largest absolute Gasteiger partial charge is 0.382 e. The predicted octanol–water partition coefficient (Wildman–Crippen LogP) is 2.75. The number of rotatable bonds is 3. The molecule has 6 nitrogen and oxygen atoms in total. The summed E-state index contributed by atoms with van der Waals surface area (Å²) in [5, 5.41) is 4.88. The first-order valence-electron chi connectivity index (χ1n) is 11.0. The monoisotopic (exact) mass is 394 g/mol. The first-order valence-corrected chi connectivity index (χ1v) is 11.0. The quantitative estimate of drug-likeness (QED) is 0.868. The Morgan fingerprint density at radius 1 is 1.07 bits per heavy atom. The van der Waals surface area contributed by atoms with Crippen LogP contribution in [0, 0.1) is 5.92 Å². The standard InChI is InChI=1S/C23H30N4O2/c28-23(27-12-11-26-13-14-29-16-19(26)15-27)17-5-7-18(8-6-17)25-22-9-10-24-21-4-2-1-3-20(21)22/h1-4,9-10,17-19H,5-8,11-16H2,(H,24,25). The predicted molar refractivity (Wildman–Crippen MR) is 114 cm³/mol. The van der Waals surface area contributed by atoms with Gasteiger partial charge in [0.15, 0.2) is 0 Å². The molecule has 6 heteroatoms. The Bertz CT molecular complexity index is 860. The number of hydrogen-bond acceptors (Lipinski definition) is 5. The van der Waals surface area contributed by atoms with E-state index in [9.17, 15) is 4.79 Å². The number of nitrogens with zero attached hydrogens (tertiary/aromatic N) is 3. The van der Waals surface area contributed by atoms with Gasteiger partial charge in [0.1, 0.15) is 0 Å². The minimum absolute atomic E-state index is 0.179. The zero-order valence-electron chi connectivity index (χ0n) is 16.9. The molecular weight excluding hydrogens is 364 g/mol. The Labute approximate surface area is 172 Å². The van der Waals surface area contributed by atoms with Crippen molar-refractivity contribution < 1.29 is 9.53 Å². The Morgan fingerprint density at radius 3 is 2.83 bits per heavy atom. The topological polar surface area (TPSA) is 57.7 Å². The second-order valence-electron chi connectivity index (χ2n) is 8.62. The summed E-state index contributed by atoms with van der Waals surface area (Å²) in [4.78, 5) is 22.1.